The van der Waals surface area contributed by atoms with Crippen molar-refractivity contribution in [1.29, 1.82) is 0 Å². The Bertz CT molecular complexity index is 920. The summed E-state index contributed by atoms with van der Waals surface area (Å²) in [5, 5.41) is 5.19. The zero-order valence-corrected chi connectivity index (χ0v) is 18.8. The highest BCUT2D eigenvalue weighted by atomic mass is 33.1. The third kappa shape index (κ3) is 4.77. The van der Waals surface area contributed by atoms with Gasteiger partial charge in [0.05, 0.1) is 12.1 Å². The summed E-state index contributed by atoms with van der Waals surface area (Å²) in [6, 6.07) is 13.8. The molecule has 2 aromatic rings. The summed E-state index contributed by atoms with van der Waals surface area (Å²) < 4.78 is 0. The molecule has 8 heteroatoms. The first-order chi connectivity index (χ1) is 14.5. The number of hydrogen-bond donors (Lipinski definition) is 2. The predicted octanol–water partition coefficient (Wildman–Crippen LogP) is 2.19. The van der Waals surface area contributed by atoms with Gasteiger partial charge in [-0.1, -0.05) is 58.0 Å². The van der Waals surface area contributed by atoms with Gasteiger partial charge in [-0.05, 0) is 23.8 Å². The van der Waals surface area contributed by atoms with Gasteiger partial charge in [0, 0.05) is 49.3 Å². The van der Waals surface area contributed by atoms with Crippen LogP contribution in [0.15, 0.2) is 42.5 Å². The topological polar surface area (TPSA) is 78.7 Å². The van der Waals surface area contributed by atoms with Gasteiger partial charge in [0.15, 0.2) is 0 Å². The average molecular weight is 445 g/mol. The van der Waals surface area contributed by atoms with Gasteiger partial charge in [-0.25, -0.2) is 0 Å². The van der Waals surface area contributed by atoms with Crippen molar-refractivity contribution in [2.45, 2.75) is 25.0 Å². The number of rotatable bonds is 3. The van der Waals surface area contributed by atoms with Gasteiger partial charge in [-0.15, -0.1) is 0 Å². The number of nitrogens with one attached hydrogen (secondary N) is 1. The minimum absolute atomic E-state index is 0.0646. The first kappa shape index (κ1) is 21.5. The molecular weight excluding hydrogens is 416 g/mol. The van der Waals surface area contributed by atoms with Gasteiger partial charge >= 0.3 is 0 Å². The maximum absolute atomic E-state index is 13.2. The molecule has 3 N–H and O–H groups in total. The third-order valence-electron chi connectivity index (χ3n) is 5.81. The molecule has 0 bridgehead atoms. The monoisotopic (exact) mass is 444 g/mol. The van der Waals surface area contributed by atoms with E-state index in [1.54, 1.807) is 21.6 Å². The number of carbonyl (C=O) groups excluding carboxylic acids is 2. The molecule has 0 spiro atoms. The second-order valence-electron chi connectivity index (χ2n) is 8.00. The highest BCUT2D eigenvalue weighted by Gasteiger charge is 2.30. The largest absolute Gasteiger partial charge is 0.350 e. The summed E-state index contributed by atoms with van der Waals surface area (Å²) in [5.74, 6) is 1.54. The molecule has 0 aliphatic carbocycles. The van der Waals surface area contributed by atoms with Crippen molar-refractivity contribution < 1.29 is 9.59 Å². The second kappa shape index (κ2) is 9.60. The van der Waals surface area contributed by atoms with Crippen LogP contribution in [0.4, 0.5) is 0 Å². The lowest BCUT2D eigenvalue weighted by atomic mass is 10.0. The smallest absolute Gasteiger partial charge is 0.254 e. The number of hydrogen-bond acceptors (Lipinski definition) is 6. The first-order valence-electron chi connectivity index (χ1n) is 10.3. The number of nitrogens with zero attached hydrogens (tertiary/aromatic N) is 2. The van der Waals surface area contributed by atoms with Gasteiger partial charge in [0.25, 0.3) is 5.91 Å². The van der Waals surface area contributed by atoms with E-state index in [9.17, 15) is 9.59 Å². The van der Waals surface area contributed by atoms with E-state index >= 15 is 0 Å². The number of amides is 2. The quantitative estimate of drug-likeness (QED) is 0.707. The summed E-state index contributed by atoms with van der Waals surface area (Å²) in [6.07, 6.45) is 0. The average Bonchev–Trinajstić information content (AvgIpc) is 2.75. The summed E-state index contributed by atoms with van der Waals surface area (Å²) in [5.41, 5.74) is 6.68. The highest BCUT2D eigenvalue weighted by molar-refractivity contribution is 8.76. The molecular formula is C22H28N4O2S2. The van der Waals surface area contributed by atoms with Crippen molar-refractivity contribution in [2.75, 3.05) is 37.7 Å². The van der Waals surface area contributed by atoms with E-state index in [1.165, 1.54) is 0 Å². The van der Waals surface area contributed by atoms with E-state index < -0.39 is 6.04 Å². The van der Waals surface area contributed by atoms with Gasteiger partial charge in [0.2, 0.25) is 5.91 Å². The summed E-state index contributed by atoms with van der Waals surface area (Å²) in [4.78, 5) is 29.8. The Morgan fingerprint density at radius 1 is 1.13 bits per heavy atom. The van der Waals surface area contributed by atoms with Crippen molar-refractivity contribution in [2.24, 2.45) is 5.73 Å². The fraction of sp³-hybridized carbons (Fsp3) is 0.455. The highest BCUT2D eigenvalue weighted by Crippen LogP contribution is 2.25. The second-order valence-corrected chi connectivity index (χ2v) is 10.6. The fourth-order valence-corrected chi connectivity index (χ4v) is 6.45. The SMILES string of the molecule is CC1CN(C(=O)c2cccc3ccccc23)CCN1CC1CSSCC(N)C(=O)N1. The van der Waals surface area contributed by atoms with Crippen LogP contribution in [0.25, 0.3) is 10.8 Å². The van der Waals surface area contributed by atoms with Crippen molar-refractivity contribution in [3.05, 3.63) is 48.0 Å². The van der Waals surface area contributed by atoms with Crippen LogP contribution in [0.5, 0.6) is 0 Å². The number of benzene rings is 2. The molecule has 2 fully saturated rings. The van der Waals surface area contributed by atoms with Gasteiger partial charge < -0.3 is 16.0 Å². The Hall–Kier alpha value is -1.74. The van der Waals surface area contributed by atoms with E-state index in [0.29, 0.717) is 18.8 Å². The molecule has 2 heterocycles. The van der Waals surface area contributed by atoms with Crippen LogP contribution < -0.4 is 11.1 Å². The normalized spacial score (nSPS) is 26.1. The molecule has 0 radical (unpaired) electrons. The standard InChI is InChI=1S/C22H28N4O2S2/c1-15-11-26(22(28)19-8-4-6-16-5-2-3-7-18(16)19)10-9-25(15)12-17-13-29-30-14-20(23)21(27)24-17/h2-8,15,17,20H,9-14,23H2,1H3,(H,24,27). The van der Waals surface area contributed by atoms with Gasteiger partial charge in [-0.2, -0.15) is 0 Å². The minimum Gasteiger partial charge on any atom is -0.350 e. The molecule has 2 aliphatic rings. The molecule has 3 atom stereocenters. The lowest BCUT2D eigenvalue weighted by Gasteiger charge is -2.41. The number of fused-ring (bicyclic) bond motifs is 1. The summed E-state index contributed by atoms with van der Waals surface area (Å²) in [6.45, 7) is 5.11. The van der Waals surface area contributed by atoms with Crippen LogP contribution in [-0.2, 0) is 4.79 Å². The Balaban J connectivity index is 1.40. The Morgan fingerprint density at radius 3 is 2.73 bits per heavy atom. The number of piperazine rings is 1. The molecule has 0 aromatic heterocycles. The van der Waals surface area contributed by atoms with Crippen molar-refractivity contribution >= 4 is 44.2 Å². The molecule has 3 unspecified atom stereocenters. The molecule has 160 valence electrons. The number of nitrogens with two attached hydrogens (primary N) is 1. The fourth-order valence-electron chi connectivity index (χ4n) is 4.09. The minimum atomic E-state index is -0.446. The molecule has 2 aliphatic heterocycles. The molecule has 2 saturated heterocycles. The van der Waals surface area contributed by atoms with E-state index in [2.05, 4.69) is 17.1 Å². The lowest BCUT2D eigenvalue weighted by Crippen LogP contribution is -2.58. The van der Waals surface area contributed by atoms with Crippen molar-refractivity contribution in [1.82, 2.24) is 15.1 Å². The van der Waals surface area contributed by atoms with Crippen LogP contribution in [0.3, 0.4) is 0 Å². The number of carbonyl (C=O) groups is 2. The van der Waals surface area contributed by atoms with Crippen LogP contribution in [0, 0.1) is 0 Å². The molecule has 0 saturated carbocycles. The molecule has 30 heavy (non-hydrogen) atoms. The van der Waals surface area contributed by atoms with E-state index in [0.717, 1.165) is 35.2 Å². The summed E-state index contributed by atoms with van der Waals surface area (Å²) in [7, 11) is 3.44. The zero-order chi connectivity index (χ0) is 21.1. The molecule has 2 amide bonds. The summed E-state index contributed by atoms with van der Waals surface area (Å²) >= 11 is 0. The van der Waals surface area contributed by atoms with E-state index in [1.807, 2.05) is 47.4 Å². The third-order valence-corrected chi connectivity index (χ3v) is 8.33. The molecule has 4 rings (SSSR count). The Kier molecular flexibility index (Phi) is 6.87. The van der Waals surface area contributed by atoms with Gasteiger partial charge in [-0.3, -0.25) is 14.5 Å². The maximum Gasteiger partial charge on any atom is 0.254 e. The Morgan fingerprint density at radius 2 is 1.90 bits per heavy atom. The van der Waals surface area contributed by atoms with Crippen LogP contribution >= 0.6 is 21.6 Å². The molecule has 2 aromatic carbocycles. The maximum atomic E-state index is 13.2. The predicted molar refractivity (Wildman–Crippen MR) is 126 cm³/mol. The van der Waals surface area contributed by atoms with Crippen LogP contribution in [-0.4, -0.2) is 77.4 Å². The van der Waals surface area contributed by atoms with E-state index in [4.69, 9.17) is 5.73 Å². The zero-order valence-electron chi connectivity index (χ0n) is 17.1. The van der Waals surface area contributed by atoms with Crippen LogP contribution in [0.1, 0.15) is 17.3 Å². The van der Waals surface area contributed by atoms with Crippen molar-refractivity contribution in [3.63, 3.8) is 0 Å². The first-order valence-corrected chi connectivity index (χ1v) is 12.8. The van der Waals surface area contributed by atoms with Gasteiger partial charge in [0.1, 0.15) is 0 Å². The van der Waals surface area contributed by atoms with Crippen LogP contribution in [0.2, 0.25) is 0 Å². The lowest BCUT2D eigenvalue weighted by molar-refractivity contribution is -0.122. The van der Waals surface area contributed by atoms with Crippen molar-refractivity contribution in [3.8, 4) is 0 Å². The van der Waals surface area contributed by atoms with E-state index in [-0.39, 0.29) is 23.9 Å². The molecule has 6 nitrogen and oxygen atoms in total. The Labute approximate surface area is 185 Å².